The van der Waals surface area contributed by atoms with Crippen molar-refractivity contribution in [1.82, 2.24) is 15.1 Å². The number of thiophene rings is 1. The third kappa shape index (κ3) is 2.61. The quantitative estimate of drug-likeness (QED) is 0.946. The molecule has 0 spiro atoms. The minimum Gasteiger partial charge on any atom is -0.472 e. The predicted octanol–water partition coefficient (Wildman–Crippen LogP) is 2.98. The molecule has 0 saturated carbocycles. The molecule has 3 rings (SSSR count). The highest BCUT2D eigenvalue weighted by molar-refractivity contribution is 7.17. The van der Waals surface area contributed by atoms with Crippen molar-refractivity contribution in [2.45, 2.75) is 18.9 Å². The van der Waals surface area contributed by atoms with Crippen LogP contribution in [0.3, 0.4) is 0 Å². The van der Waals surface area contributed by atoms with Gasteiger partial charge in [0.25, 0.3) is 5.19 Å². The lowest BCUT2D eigenvalue weighted by atomic mass is 10.2. The Hall–Kier alpha value is -1.67. The third-order valence-electron chi connectivity index (χ3n) is 3.18. The number of hydrogen-bond acceptors (Lipinski definition) is 6. The lowest BCUT2D eigenvalue weighted by Crippen LogP contribution is -2.34. The van der Waals surface area contributed by atoms with Gasteiger partial charge in [-0.2, -0.15) is 0 Å². The molecule has 1 aliphatic heterocycles. The van der Waals surface area contributed by atoms with Gasteiger partial charge in [0, 0.05) is 11.4 Å². The van der Waals surface area contributed by atoms with Gasteiger partial charge in [-0.3, -0.25) is 5.32 Å². The topological polar surface area (TPSA) is 67.4 Å². The van der Waals surface area contributed by atoms with Gasteiger partial charge < -0.3 is 9.64 Å². The number of likely N-dealkylation sites (tertiary alicyclic amines) is 1. The van der Waals surface area contributed by atoms with E-state index in [9.17, 15) is 4.79 Å². The van der Waals surface area contributed by atoms with Gasteiger partial charge >= 0.3 is 6.03 Å². The standard InChI is InChI=1S/C12H14N4O2S2/c1-18-12-15-14-10(20-12)13-11(17)16-6-2-4-8(16)9-5-3-7-19-9/h3,5,7-8H,2,4,6H2,1H3,(H,13,14,17). The first kappa shape index (κ1) is 13.3. The molecule has 2 amide bonds. The Bertz CT molecular complexity index is 584. The molecule has 1 atom stereocenters. The molecule has 0 bridgehead atoms. The number of hydrogen-bond donors (Lipinski definition) is 1. The van der Waals surface area contributed by atoms with Crippen LogP contribution in [0, 0.1) is 0 Å². The van der Waals surface area contributed by atoms with Crippen molar-refractivity contribution in [3.05, 3.63) is 22.4 Å². The van der Waals surface area contributed by atoms with Crippen molar-refractivity contribution in [2.24, 2.45) is 0 Å². The molecule has 2 aromatic heterocycles. The number of nitrogens with zero attached hydrogens (tertiary/aromatic N) is 3. The summed E-state index contributed by atoms with van der Waals surface area (Å²) in [5.41, 5.74) is 0. The van der Waals surface area contributed by atoms with Gasteiger partial charge in [0.1, 0.15) is 0 Å². The van der Waals surface area contributed by atoms with Crippen molar-refractivity contribution in [3.63, 3.8) is 0 Å². The van der Waals surface area contributed by atoms with Crippen molar-refractivity contribution in [2.75, 3.05) is 19.0 Å². The van der Waals surface area contributed by atoms with E-state index in [0.29, 0.717) is 10.3 Å². The molecule has 106 valence electrons. The molecular weight excluding hydrogens is 296 g/mol. The second kappa shape index (κ2) is 5.76. The van der Waals surface area contributed by atoms with E-state index in [1.165, 1.54) is 23.3 Å². The number of anilines is 1. The van der Waals surface area contributed by atoms with Gasteiger partial charge in [0.15, 0.2) is 0 Å². The maximum absolute atomic E-state index is 12.3. The van der Waals surface area contributed by atoms with Crippen LogP contribution < -0.4 is 10.1 Å². The van der Waals surface area contributed by atoms with Crippen molar-refractivity contribution >= 4 is 33.8 Å². The van der Waals surface area contributed by atoms with Gasteiger partial charge in [-0.1, -0.05) is 11.2 Å². The fourth-order valence-electron chi connectivity index (χ4n) is 2.29. The van der Waals surface area contributed by atoms with Gasteiger partial charge in [-0.15, -0.1) is 16.4 Å². The number of aromatic nitrogens is 2. The SMILES string of the molecule is COc1nnc(NC(=O)N2CCCC2c2cccs2)s1. The van der Waals surface area contributed by atoms with Gasteiger partial charge in [-0.05, 0) is 35.6 Å². The Morgan fingerprint density at radius 1 is 1.55 bits per heavy atom. The third-order valence-corrected chi connectivity index (χ3v) is 4.95. The van der Waals surface area contributed by atoms with Crippen LogP contribution in [0.5, 0.6) is 5.19 Å². The van der Waals surface area contributed by atoms with Crippen molar-refractivity contribution in [3.8, 4) is 5.19 Å². The molecule has 1 fully saturated rings. The maximum atomic E-state index is 12.3. The zero-order valence-electron chi connectivity index (χ0n) is 10.9. The molecule has 0 radical (unpaired) electrons. The first-order valence-electron chi connectivity index (χ1n) is 6.26. The smallest absolute Gasteiger partial charge is 0.324 e. The summed E-state index contributed by atoms with van der Waals surface area (Å²) in [6.07, 6.45) is 2.03. The average molecular weight is 310 g/mol. The summed E-state index contributed by atoms with van der Waals surface area (Å²) in [6, 6.07) is 4.14. The fourth-order valence-corrected chi connectivity index (χ4v) is 3.72. The molecule has 1 aliphatic rings. The molecule has 2 aromatic rings. The lowest BCUT2D eigenvalue weighted by Gasteiger charge is -2.23. The van der Waals surface area contributed by atoms with Crippen LogP contribution in [0.25, 0.3) is 0 Å². The molecule has 8 heteroatoms. The zero-order valence-corrected chi connectivity index (χ0v) is 12.5. The number of nitrogens with one attached hydrogen (secondary N) is 1. The Morgan fingerprint density at radius 3 is 3.15 bits per heavy atom. The number of methoxy groups -OCH3 is 1. The highest BCUT2D eigenvalue weighted by Crippen LogP contribution is 2.35. The summed E-state index contributed by atoms with van der Waals surface area (Å²) in [5, 5.41) is 13.4. The fraction of sp³-hybridized carbons (Fsp3) is 0.417. The number of ether oxygens (including phenoxy) is 1. The number of carbonyl (C=O) groups is 1. The first-order chi connectivity index (χ1) is 9.78. The summed E-state index contributed by atoms with van der Waals surface area (Å²) in [4.78, 5) is 15.4. The summed E-state index contributed by atoms with van der Waals surface area (Å²) >= 11 is 2.91. The second-order valence-corrected chi connectivity index (χ2v) is 6.29. The molecule has 1 saturated heterocycles. The van der Waals surface area contributed by atoms with Gasteiger partial charge in [0.05, 0.1) is 13.2 Å². The second-order valence-electron chi connectivity index (χ2n) is 4.37. The maximum Gasteiger partial charge on any atom is 0.324 e. The van der Waals surface area contributed by atoms with E-state index in [1.54, 1.807) is 11.3 Å². The molecule has 3 heterocycles. The van der Waals surface area contributed by atoms with Crippen LogP contribution >= 0.6 is 22.7 Å². The lowest BCUT2D eigenvalue weighted by molar-refractivity contribution is 0.208. The number of amides is 2. The highest BCUT2D eigenvalue weighted by atomic mass is 32.1. The first-order valence-corrected chi connectivity index (χ1v) is 7.96. The van der Waals surface area contributed by atoms with Crippen molar-refractivity contribution < 1.29 is 9.53 Å². The molecule has 0 aliphatic carbocycles. The molecule has 1 unspecified atom stereocenters. The van der Waals surface area contributed by atoms with E-state index in [1.807, 2.05) is 16.3 Å². The molecule has 20 heavy (non-hydrogen) atoms. The Balaban J connectivity index is 1.70. The van der Waals surface area contributed by atoms with E-state index in [0.717, 1.165) is 19.4 Å². The van der Waals surface area contributed by atoms with Crippen LogP contribution in [0.4, 0.5) is 9.93 Å². The highest BCUT2D eigenvalue weighted by Gasteiger charge is 2.31. The van der Waals surface area contributed by atoms with Crippen LogP contribution in [0.2, 0.25) is 0 Å². The van der Waals surface area contributed by atoms with E-state index in [-0.39, 0.29) is 12.1 Å². The van der Waals surface area contributed by atoms with E-state index >= 15 is 0 Å². The zero-order chi connectivity index (χ0) is 13.9. The molecule has 0 aromatic carbocycles. The minimum atomic E-state index is -0.125. The van der Waals surface area contributed by atoms with E-state index in [2.05, 4.69) is 21.6 Å². The Kier molecular flexibility index (Phi) is 3.83. The average Bonchev–Trinajstić information content (AvgIpc) is 3.19. The van der Waals surface area contributed by atoms with Gasteiger partial charge in [0.2, 0.25) is 5.13 Å². The van der Waals surface area contributed by atoms with E-state index in [4.69, 9.17) is 4.74 Å². The number of carbonyl (C=O) groups excluding carboxylic acids is 1. The molecule has 6 nitrogen and oxygen atoms in total. The summed E-state index contributed by atoms with van der Waals surface area (Å²) in [6.45, 7) is 0.768. The summed E-state index contributed by atoms with van der Waals surface area (Å²) < 4.78 is 4.96. The summed E-state index contributed by atoms with van der Waals surface area (Å²) in [5.74, 6) is 0. The van der Waals surface area contributed by atoms with Crippen LogP contribution in [-0.2, 0) is 0 Å². The van der Waals surface area contributed by atoms with Crippen LogP contribution in [0.15, 0.2) is 17.5 Å². The minimum absolute atomic E-state index is 0.125. The van der Waals surface area contributed by atoms with Gasteiger partial charge in [-0.25, -0.2) is 4.79 Å². The Labute approximate surface area is 124 Å². The predicted molar refractivity (Wildman–Crippen MR) is 78.5 cm³/mol. The van der Waals surface area contributed by atoms with E-state index < -0.39 is 0 Å². The number of rotatable bonds is 3. The monoisotopic (exact) mass is 310 g/mol. The van der Waals surface area contributed by atoms with Crippen molar-refractivity contribution in [1.29, 1.82) is 0 Å². The Morgan fingerprint density at radius 2 is 2.45 bits per heavy atom. The molecule has 1 N–H and O–H groups in total. The van der Waals surface area contributed by atoms with Crippen LogP contribution in [-0.4, -0.2) is 34.8 Å². The summed E-state index contributed by atoms with van der Waals surface area (Å²) in [7, 11) is 1.53. The molecular formula is C12H14N4O2S2. The van der Waals surface area contributed by atoms with Crippen LogP contribution in [0.1, 0.15) is 23.8 Å². The largest absolute Gasteiger partial charge is 0.472 e. The number of urea groups is 1. The normalized spacial score (nSPS) is 18.2.